The van der Waals surface area contributed by atoms with Crippen molar-refractivity contribution in [2.45, 2.75) is 46.0 Å². The summed E-state index contributed by atoms with van der Waals surface area (Å²) in [6.45, 7) is 4.48. The molecule has 1 fully saturated rings. The highest BCUT2D eigenvalue weighted by molar-refractivity contribution is 5.83. The van der Waals surface area contributed by atoms with Crippen molar-refractivity contribution in [3.63, 3.8) is 0 Å². The molecule has 1 heteroatoms. The SMILES string of the molecule is CC(C)Cc1ccc(CC2CCCC2=O)cc1. The molecule has 0 heterocycles. The van der Waals surface area contributed by atoms with Crippen LogP contribution in [0.2, 0.25) is 0 Å². The zero-order valence-corrected chi connectivity index (χ0v) is 10.9. The molecule has 1 aromatic rings. The molecule has 0 saturated heterocycles. The highest BCUT2D eigenvalue weighted by Crippen LogP contribution is 2.25. The highest BCUT2D eigenvalue weighted by atomic mass is 16.1. The van der Waals surface area contributed by atoms with E-state index < -0.39 is 0 Å². The van der Waals surface area contributed by atoms with Gasteiger partial charge in [0, 0.05) is 12.3 Å². The molecule has 0 amide bonds. The van der Waals surface area contributed by atoms with Crippen LogP contribution < -0.4 is 0 Å². The van der Waals surface area contributed by atoms with Gasteiger partial charge in [0.25, 0.3) is 0 Å². The van der Waals surface area contributed by atoms with E-state index in [9.17, 15) is 4.79 Å². The van der Waals surface area contributed by atoms with Crippen molar-refractivity contribution in [3.05, 3.63) is 35.4 Å². The van der Waals surface area contributed by atoms with Crippen LogP contribution in [0.5, 0.6) is 0 Å². The molecule has 1 saturated carbocycles. The van der Waals surface area contributed by atoms with Gasteiger partial charge in [-0.1, -0.05) is 38.1 Å². The second-order valence-electron chi connectivity index (χ2n) is 5.67. The third-order valence-corrected chi connectivity index (χ3v) is 3.58. The molecule has 0 N–H and O–H groups in total. The fourth-order valence-corrected chi connectivity index (χ4v) is 2.67. The Morgan fingerprint density at radius 2 is 1.82 bits per heavy atom. The molecule has 0 aromatic heterocycles. The molecule has 1 unspecified atom stereocenters. The van der Waals surface area contributed by atoms with Crippen molar-refractivity contribution < 1.29 is 4.79 Å². The van der Waals surface area contributed by atoms with E-state index in [1.165, 1.54) is 11.1 Å². The number of ketones is 1. The summed E-state index contributed by atoms with van der Waals surface area (Å²) < 4.78 is 0. The van der Waals surface area contributed by atoms with Gasteiger partial charge in [-0.05, 0) is 42.7 Å². The topological polar surface area (TPSA) is 17.1 Å². The van der Waals surface area contributed by atoms with Crippen molar-refractivity contribution in [1.82, 2.24) is 0 Å². The molecule has 0 bridgehead atoms. The molecule has 0 spiro atoms. The maximum Gasteiger partial charge on any atom is 0.136 e. The quantitative estimate of drug-likeness (QED) is 0.769. The Morgan fingerprint density at radius 3 is 2.35 bits per heavy atom. The Morgan fingerprint density at radius 1 is 1.18 bits per heavy atom. The third kappa shape index (κ3) is 3.42. The third-order valence-electron chi connectivity index (χ3n) is 3.58. The molecule has 92 valence electrons. The van der Waals surface area contributed by atoms with E-state index in [0.29, 0.717) is 17.6 Å². The Bertz CT molecular complexity index is 375. The summed E-state index contributed by atoms with van der Waals surface area (Å²) in [5.74, 6) is 1.47. The van der Waals surface area contributed by atoms with E-state index >= 15 is 0 Å². The van der Waals surface area contributed by atoms with Crippen LogP contribution in [0.25, 0.3) is 0 Å². The molecule has 1 aliphatic rings. The number of carbonyl (C=O) groups excluding carboxylic acids is 1. The van der Waals surface area contributed by atoms with Gasteiger partial charge in [-0.3, -0.25) is 4.79 Å². The van der Waals surface area contributed by atoms with Crippen LogP contribution in [0.1, 0.15) is 44.2 Å². The minimum Gasteiger partial charge on any atom is -0.299 e. The Labute approximate surface area is 104 Å². The van der Waals surface area contributed by atoms with E-state index in [4.69, 9.17) is 0 Å². The largest absolute Gasteiger partial charge is 0.299 e. The smallest absolute Gasteiger partial charge is 0.136 e. The predicted octanol–water partition coefficient (Wildman–Crippen LogP) is 3.80. The minimum absolute atomic E-state index is 0.297. The lowest BCUT2D eigenvalue weighted by Crippen LogP contribution is -2.09. The zero-order valence-electron chi connectivity index (χ0n) is 10.9. The van der Waals surface area contributed by atoms with Gasteiger partial charge in [-0.2, -0.15) is 0 Å². The van der Waals surface area contributed by atoms with Crippen LogP contribution in [0.3, 0.4) is 0 Å². The average molecular weight is 230 g/mol. The minimum atomic E-state index is 0.297. The molecule has 0 radical (unpaired) electrons. The number of benzene rings is 1. The summed E-state index contributed by atoms with van der Waals surface area (Å²) in [6.07, 6.45) is 5.07. The van der Waals surface area contributed by atoms with Crippen LogP contribution in [-0.4, -0.2) is 5.78 Å². The number of hydrogen-bond donors (Lipinski definition) is 0. The van der Waals surface area contributed by atoms with Gasteiger partial charge >= 0.3 is 0 Å². The van der Waals surface area contributed by atoms with Crippen LogP contribution in [0.15, 0.2) is 24.3 Å². The van der Waals surface area contributed by atoms with Gasteiger partial charge in [-0.25, -0.2) is 0 Å². The van der Waals surface area contributed by atoms with Gasteiger partial charge in [0.1, 0.15) is 5.78 Å². The first-order valence-electron chi connectivity index (χ1n) is 6.75. The fraction of sp³-hybridized carbons (Fsp3) is 0.562. The van der Waals surface area contributed by atoms with Crippen molar-refractivity contribution >= 4 is 5.78 Å². The summed E-state index contributed by atoms with van der Waals surface area (Å²) in [4.78, 5) is 11.6. The number of carbonyl (C=O) groups is 1. The van der Waals surface area contributed by atoms with Gasteiger partial charge in [-0.15, -0.1) is 0 Å². The molecule has 1 aromatic carbocycles. The van der Waals surface area contributed by atoms with Crippen molar-refractivity contribution in [3.8, 4) is 0 Å². The molecule has 17 heavy (non-hydrogen) atoms. The normalized spacial score (nSPS) is 20.2. The highest BCUT2D eigenvalue weighted by Gasteiger charge is 2.24. The fourth-order valence-electron chi connectivity index (χ4n) is 2.67. The second kappa shape index (κ2) is 5.48. The molecule has 2 rings (SSSR count). The Hall–Kier alpha value is -1.11. The van der Waals surface area contributed by atoms with E-state index in [1.807, 2.05) is 0 Å². The predicted molar refractivity (Wildman–Crippen MR) is 71.0 cm³/mol. The zero-order chi connectivity index (χ0) is 12.3. The van der Waals surface area contributed by atoms with E-state index in [-0.39, 0.29) is 0 Å². The molecular formula is C16H22O. The molecule has 1 nitrogen and oxygen atoms in total. The van der Waals surface area contributed by atoms with Crippen LogP contribution in [-0.2, 0) is 17.6 Å². The maximum absolute atomic E-state index is 11.6. The summed E-state index contributed by atoms with van der Waals surface area (Å²) in [6, 6.07) is 8.83. The van der Waals surface area contributed by atoms with Crippen molar-refractivity contribution in [1.29, 1.82) is 0 Å². The lowest BCUT2D eigenvalue weighted by atomic mass is 9.95. The van der Waals surface area contributed by atoms with Crippen molar-refractivity contribution in [2.24, 2.45) is 11.8 Å². The lowest BCUT2D eigenvalue weighted by molar-refractivity contribution is -0.120. The first kappa shape index (κ1) is 12.3. The van der Waals surface area contributed by atoms with Gasteiger partial charge in [0.2, 0.25) is 0 Å². The second-order valence-corrected chi connectivity index (χ2v) is 5.67. The summed E-state index contributed by atoms with van der Waals surface area (Å²) in [5.41, 5.74) is 2.72. The van der Waals surface area contributed by atoms with E-state index in [2.05, 4.69) is 38.1 Å². The van der Waals surface area contributed by atoms with Gasteiger partial charge < -0.3 is 0 Å². The Kier molecular flexibility index (Phi) is 3.98. The molecular weight excluding hydrogens is 208 g/mol. The molecule has 1 aliphatic carbocycles. The monoisotopic (exact) mass is 230 g/mol. The van der Waals surface area contributed by atoms with Gasteiger partial charge in [0.05, 0.1) is 0 Å². The van der Waals surface area contributed by atoms with Crippen LogP contribution in [0.4, 0.5) is 0 Å². The van der Waals surface area contributed by atoms with Crippen LogP contribution >= 0.6 is 0 Å². The molecule has 0 aliphatic heterocycles. The first-order chi connectivity index (χ1) is 8.15. The van der Waals surface area contributed by atoms with Crippen molar-refractivity contribution in [2.75, 3.05) is 0 Å². The summed E-state index contributed by atoms with van der Waals surface area (Å²) in [7, 11) is 0. The first-order valence-corrected chi connectivity index (χ1v) is 6.75. The van der Waals surface area contributed by atoms with E-state index in [0.717, 1.165) is 32.1 Å². The average Bonchev–Trinajstić information content (AvgIpc) is 2.67. The summed E-state index contributed by atoms with van der Waals surface area (Å²) >= 11 is 0. The van der Waals surface area contributed by atoms with Gasteiger partial charge in [0.15, 0.2) is 0 Å². The number of Topliss-reactive ketones (excluding diaryl/α,β-unsaturated/α-hetero) is 1. The maximum atomic E-state index is 11.6. The lowest BCUT2D eigenvalue weighted by Gasteiger charge is -2.09. The van der Waals surface area contributed by atoms with E-state index in [1.54, 1.807) is 0 Å². The Balaban J connectivity index is 1.95. The van der Waals surface area contributed by atoms with Crippen LogP contribution in [0, 0.1) is 11.8 Å². The summed E-state index contributed by atoms with van der Waals surface area (Å²) in [5, 5.41) is 0. The standard InChI is InChI=1S/C16H22O/c1-12(2)10-13-6-8-14(9-7-13)11-15-4-3-5-16(15)17/h6-9,12,15H,3-5,10-11H2,1-2H3. The number of rotatable bonds is 4. The molecule has 1 atom stereocenters. The number of hydrogen-bond acceptors (Lipinski definition) is 1.